The average Bonchev–Trinajstić information content (AvgIpc) is 3.40. The minimum atomic E-state index is 0.228. The van der Waals surface area contributed by atoms with E-state index in [1.54, 1.807) is 7.11 Å². The summed E-state index contributed by atoms with van der Waals surface area (Å²) in [5, 5.41) is 3.46. The van der Waals surface area contributed by atoms with Gasteiger partial charge in [0.1, 0.15) is 5.75 Å². The van der Waals surface area contributed by atoms with Crippen LogP contribution in [0.4, 0.5) is 0 Å². The number of nitrogens with one attached hydrogen (secondary N) is 1. The van der Waals surface area contributed by atoms with Crippen molar-refractivity contribution in [2.45, 2.75) is 32.4 Å². The molecule has 29 heavy (non-hydrogen) atoms. The molecule has 1 atom stereocenters. The fraction of sp³-hybridized carbons (Fsp3) is 0.522. The van der Waals surface area contributed by atoms with Gasteiger partial charge in [-0.1, -0.05) is 18.2 Å². The van der Waals surface area contributed by atoms with Crippen molar-refractivity contribution >= 4 is 5.96 Å². The lowest BCUT2D eigenvalue weighted by molar-refractivity contribution is 0.245. The minimum absolute atomic E-state index is 0.228. The van der Waals surface area contributed by atoms with Gasteiger partial charge in [0.25, 0.3) is 0 Å². The highest BCUT2D eigenvalue weighted by molar-refractivity contribution is 5.79. The summed E-state index contributed by atoms with van der Waals surface area (Å²) < 4.78 is 7.82. The molecule has 1 fully saturated rings. The number of hydrogen-bond donors (Lipinski definition) is 1. The molecule has 0 amide bonds. The van der Waals surface area contributed by atoms with E-state index in [1.807, 2.05) is 6.07 Å². The Bertz CT molecular complexity index is 794. The average molecular weight is 398 g/mol. The molecule has 1 unspecified atom stereocenters. The Labute approximate surface area is 175 Å². The van der Waals surface area contributed by atoms with Crippen LogP contribution in [0.25, 0.3) is 0 Å². The van der Waals surface area contributed by atoms with Crippen LogP contribution < -0.4 is 10.1 Å². The summed E-state index contributed by atoms with van der Waals surface area (Å²) in [6, 6.07) is 12.8. The summed E-state index contributed by atoms with van der Waals surface area (Å²) in [6.45, 7) is 6.73. The number of aryl methyl sites for hydroxylation is 1. The van der Waals surface area contributed by atoms with Crippen molar-refractivity contribution in [3.63, 3.8) is 0 Å². The van der Waals surface area contributed by atoms with E-state index >= 15 is 0 Å². The third-order valence-corrected chi connectivity index (χ3v) is 5.64. The number of ether oxygens (including phenoxy) is 1. The number of guanidine groups is 1. The molecule has 1 aromatic heterocycles. The lowest BCUT2D eigenvalue weighted by Gasteiger charge is -2.29. The van der Waals surface area contributed by atoms with Crippen molar-refractivity contribution in [2.24, 2.45) is 12.0 Å². The van der Waals surface area contributed by atoms with Gasteiger partial charge in [-0.2, -0.15) is 0 Å². The molecule has 1 N–H and O–H groups in total. The van der Waals surface area contributed by atoms with Gasteiger partial charge < -0.3 is 19.5 Å². The third kappa shape index (κ3) is 5.32. The summed E-state index contributed by atoms with van der Waals surface area (Å²) in [5.41, 5.74) is 2.49. The molecule has 1 aliphatic rings. The van der Waals surface area contributed by atoms with E-state index in [4.69, 9.17) is 9.73 Å². The zero-order chi connectivity index (χ0) is 20.6. The lowest BCUT2D eigenvalue weighted by atomic mass is 10.0. The van der Waals surface area contributed by atoms with E-state index in [2.05, 4.69) is 77.2 Å². The molecular formula is C23H35N5O. The fourth-order valence-corrected chi connectivity index (χ4v) is 4.03. The molecule has 0 aliphatic carbocycles. The largest absolute Gasteiger partial charge is 0.496 e. The second-order valence-electron chi connectivity index (χ2n) is 7.66. The Morgan fingerprint density at radius 1 is 1.21 bits per heavy atom. The van der Waals surface area contributed by atoms with E-state index < -0.39 is 0 Å². The van der Waals surface area contributed by atoms with Gasteiger partial charge in [0.05, 0.1) is 26.2 Å². The van der Waals surface area contributed by atoms with Crippen molar-refractivity contribution in [1.29, 1.82) is 0 Å². The number of methoxy groups -OCH3 is 1. The van der Waals surface area contributed by atoms with Gasteiger partial charge >= 0.3 is 0 Å². The second kappa shape index (κ2) is 10.3. The molecule has 2 aromatic rings. The highest BCUT2D eigenvalue weighted by Crippen LogP contribution is 2.32. The molecule has 0 radical (unpaired) electrons. The topological polar surface area (TPSA) is 45.0 Å². The molecule has 0 saturated carbocycles. The molecule has 0 bridgehead atoms. The first-order chi connectivity index (χ1) is 14.1. The number of aliphatic imine (C=N–C) groups is 1. The van der Waals surface area contributed by atoms with Crippen LogP contribution in [0.5, 0.6) is 5.75 Å². The predicted molar refractivity (Wildman–Crippen MR) is 119 cm³/mol. The van der Waals surface area contributed by atoms with Gasteiger partial charge in [-0.15, -0.1) is 0 Å². The molecular weight excluding hydrogens is 362 g/mol. The van der Waals surface area contributed by atoms with Crippen molar-refractivity contribution in [3.8, 4) is 5.75 Å². The Balaban J connectivity index is 1.81. The Morgan fingerprint density at radius 2 is 1.97 bits per heavy atom. The molecule has 2 heterocycles. The normalized spacial score (nSPS) is 16.1. The first-order valence-electron chi connectivity index (χ1n) is 10.6. The zero-order valence-corrected chi connectivity index (χ0v) is 18.3. The summed E-state index contributed by atoms with van der Waals surface area (Å²) in [5.74, 6) is 1.88. The van der Waals surface area contributed by atoms with Gasteiger partial charge in [0, 0.05) is 38.1 Å². The second-order valence-corrected chi connectivity index (χ2v) is 7.66. The highest BCUT2D eigenvalue weighted by Gasteiger charge is 2.26. The molecule has 1 aliphatic heterocycles. The number of hydrogen-bond acceptors (Lipinski definition) is 3. The van der Waals surface area contributed by atoms with Crippen LogP contribution in [0, 0.1) is 0 Å². The summed E-state index contributed by atoms with van der Waals surface area (Å²) in [7, 11) is 5.93. The molecule has 1 aromatic carbocycles. The maximum absolute atomic E-state index is 5.67. The van der Waals surface area contributed by atoms with E-state index in [9.17, 15) is 0 Å². The predicted octanol–water partition coefficient (Wildman–Crippen LogP) is 3.27. The van der Waals surface area contributed by atoms with Crippen molar-refractivity contribution in [3.05, 3.63) is 53.9 Å². The molecule has 1 saturated heterocycles. The van der Waals surface area contributed by atoms with Crippen molar-refractivity contribution in [1.82, 2.24) is 19.7 Å². The standard InChI is InChI=1S/C23H35N5O/c1-5-24-23(27(3)18-19-11-10-14-26(19)2)25-17-21(28-15-8-9-16-28)20-12-6-7-13-22(20)29-4/h6-7,10-14,21H,5,8-9,15-18H2,1-4H3,(H,24,25). The van der Waals surface area contributed by atoms with Crippen LogP contribution in [-0.2, 0) is 13.6 Å². The maximum atomic E-state index is 5.67. The van der Waals surface area contributed by atoms with Crippen molar-refractivity contribution in [2.75, 3.05) is 40.3 Å². The van der Waals surface area contributed by atoms with E-state index in [1.165, 1.54) is 24.1 Å². The number of nitrogens with zero attached hydrogens (tertiary/aromatic N) is 4. The first kappa shape index (κ1) is 21.2. The summed E-state index contributed by atoms with van der Waals surface area (Å²) in [6.07, 6.45) is 4.59. The van der Waals surface area contributed by atoms with Crippen LogP contribution in [0.3, 0.4) is 0 Å². The molecule has 0 spiro atoms. The van der Waals surface area contributed by atoms with Crippen LogP contribution >= 0.6 is 0 Å². The minimum Gasteiger partial charge on any atom is -0.496 e. The molecule has 3 rings (SSSR count). The number of rotatable bonds is 8. The van der Waals surface area contributed by atoms with Gasteiger partial charge in [0.15, 0.2) is 5.96 Å². The number of benzene rings is 1. The third-order valence-electron chi connectivity index (χ3n) is 5.64. The van der Waals surface area contributed by atoms with Gasteiger partial charge in [0.2, 0.25) is 0 Å². The quantitative estimate of drug-likeness (QED) is 0.549. The highest BCUT2D eigenvalue weighted by atomic mass is 16.5. The van der Waals surface area contributed by atoms with Gasteiger partial charge in [-0.3, -0.25) is 9.89 Å². The van der Waals surface area contributed by atoms with Gasteiger partial charge in [-0.25, -0.2) is 0 Å². The maximum Gasteiger partial charge on any atom is 0.194 e. The van der Waals surface area contributed by atoms with E-state index in [-0.39, 0.29) is 6.04 Å². The van der Waals surface area contributed by atoms with Crippen LogP contribution in [-0.4, -0.2) is 60.7 Å². The first-order valence-corrected chi connectivity index (χ1v) is 10.6. The van der Waals surface area contributed by atoms with Gasteiger partial charge in [-0.05, 0) is 51.1 Å². The summed E-state index contributed by atoms with van der Waals surface area (Å²) >= 11 is 0. The fourth-order valence-electron chi connectivity index (χ4n) is 4.03. The van der Waals surface area contributed by atoms with E-state index in [0.29, 0.717) is 6.54 Å². The number of para-hydroxylation sites is 1. The number of aromatic nitrogens is 1. The van der Waals surface area contributed by atoms with Crippen molar-refractivity contribution < 1.29 is 4.74 Å². The molecule has 158 valence electrons. The van der Waals surface area contributed by atoms with E-state index in [0.717, 1.165) is 37.9 Å². The monoisotopic (exact) mass is 397 g/mol. The smallest absolute Gasteiger partial charge is 0.194 e. The summed E-state index contributed by atoms with van der Waals surface area (Å²) in [4.78, 5) is 9.79. The molecule has 6 heteroatoms. The van der Waals surface area contributed by atoms with Crippen LogP contribution in [0.2, 0.25) is 0 Å². The Hall–Kier alpha value is -2.47. The zero-order valence-electron chi connectivity index (χ0n) is 18.3. The SMILES string of the molecule is CCNC(=NCC(c1ccccc1OC)N1CCCC1)N(C)Cc1cccn1C. The number of likely N-dealkylation sites (tertiary alicyclic amines) is 1. The van der Waals surface area contributed by atoms with Crippen LogP contribution in [0.15, 0.2) is 47.6 Å². The Morgan fingerprint density at radius 3 is 2.62 bits per heavy atom. The van der Waals surface area contributed by atoms with Crippen LogP contribution in [0.1, 0.15) is 37.1 Å². The lowest BCUT2D eigenvalue weighted by Crippen LogP contribution is -2.39. The molecule has 6 nitrogen and oxygen atoms in total. The Kier molecular flexibility index (Phi) is 7.58.